The zero-order valence-electron chi connectivity index (χ0n) is 11.3. The van der Waals surface area contributed by atoms with Crippen LogP contribution in [0.3, 0.4) is 0 Å². The summed E-state index contributed by atoms with van der Waals surface area (Å²) in [5.41, 5.74) is 1.63. The zero-order valence-corrected chi connectivity index (χ0v) is 11.3. The van der Waals surface area contributed by atoms with Crippen LogP contribution in [0.15, 0.2) is 24.4 Å². The number of likely N-dealkylation sites (tertiary alicyclic amines) is 1. The standard InChI is InChI=1S/C16H20FNO/c1-7(2)8(3)18-15-13-6-12(14(15)16(18)19)10-4-9(17)5-11(10)13/h9-15H,1,3-6H2,2H3. The first-order chi connectivity index (χ1) is 9.00. The van der Waals surface area contributed by atoms with Gasteiger partial charge in [0.25, 0.3) is 0 Å². The van der Waals surface area contributed by atoms with E-state index in [1.54, 1.807) is 0 Å². The summed E-state index contributed by atoms with van der Waals surface area (Å²) in [7, 11) is 0. The van der Waals surface area contributed by atoms with E-state index in [2.05, 4.69) is 13.2 Å². The maximum Gasteiger partial charge on any atom is 0.232 e. The van der Waals surface area contributed by atoms with Gasteiger partial charge >= 0.3 is 0 Å². The highest BCUT2D eigenvalue weighted by atomic mass is 19.1. The molecule has 0 aromatic rings. The second kappa shape index (κ2) is 3.50. The van der Waals surface area contributed by atoms with Crippen molar-refractivity contribution in [3.63, 3.8) is 0 Å². The van der Waals surface area contributed by atoms with Gasteiger partial charge in [0.2, 0.25) is 5.91 Å². The molecule has 1 amide bonds. The Bertz CT molecular complexity index is 499. The first kappa shape index (κ1) is 11.7. The number of alkyl halides is 1. The zero-order chi connectivity index (χ0) is 13.5. The second-order valence-electron chi connectivity index (χ2n) is 6.91. The lowest BCUT2D eigenvalue weighted by atomic mass is 9.67. The average molecular weight is 261 g/mol. The van der Waals surface area contributed by atoms with E-state index in [0.717, 1.165) is 24.1 Å². The number of fused-ring (bicyclic) bond motifs is 8. The van der Waals surface area contributed by atoms with Gasteiger partial charge in [0.1, 0.15) is 6.17 Å². The van der Waals surface area contributed by atoms with E-state index in [-0.39, 0.29) is 11.8 Å². The molecule has 0 spiro atoms. The van der Waals surface area contributed by atoms with Crippen molar-refractivity contribution < 1.29 is 9.18 Å². The third kappa shape index (κ3) is 1.24. The van der Waals surface area contributed by atoms with Gasteiger partial charge in [-0.15, -0.1) is 0 Å². The van der Waals surface area contributed by atoms with Gasteiger partial charge in [-0.3, -0.25) is 4.79 Å². The Morgan fingerprint density at radius 1 is 1.16 bits per heavy atom. The molecule has 7 unspecified atom stereocenters. The second-order valence-corrected chi connectivity index (χ2v) is 6.91. The molecule has 4 fully saturated rings. The molecule has 3 saturated carbocycles. The van der Waals surface area contributed by atoms with E-state index in [0.29, 0.717) is 36.1 Å². The van der Waals surface area contributed by atoms with Crippen LogP contribution in [0.2, 0.25) is 0 Å². The van der Waals surface area contributed by atoms with E-state index in [1.165, 1.54) is 0 Å². The molecule has 1 aliphatic heterocycles. The van der Waals surface area contributed by atoms with Crippen LogP contribution < -0.4 is 0 Å². The Labute approximate surface area is 113 Å². The van der Waals surface area contributed by atoms with Crippen molar-refractivity contribution in [2.45, 2.75) is 38.4 Å². The van der Waals surface area contributed by atoms with Crippen LogP contribution in [0, 0.1) is 29.6 Å². The Morgan fingerprint density at radius 2 is 1.79 bits per heavy atom. The van der Waals surface area contributed by atoms with E-state index in [9.17, 15) is 9.18 Å². The van der Waals surface area contributed by atoms with Gasteiger partial charge in [0.15, 0.2) is 0 Å². The van der Waals surface area contributed by atoms with Crippen LogP contribution in [-0.2, 0) is 4.79 Å². The molecule has 102 valence electrons. The van der Waals surface area contributed by atoms with Gasteiger partial charge in [0, 0.05) is 5.70 Å². The van der Waals surface area contributed by atoms with Crippen LogP contribution in [-0.4, -0.2) is 23.0 Å². The lowest BCUT2D eigenvalue weighted by Crippen LogP contribution is -2.64. The number of amides is 1. The molecule has 3 aliphatic carbocycles. The predicted octanol–water partition coefficient (Wildman–Crippen LogP) is 2.92. The molecule has 4 rings (SSSR count). The lowest BCUT2D eigenvalue weighted by molar-refractivity contribution is -0.159. The van der Waals surface area contributed by atoms with E-state index < -0.39 is 6.17 Å². The number of carbonyl (C=O) groups excluding carboxylic acids is 1. The highest BCUT2D eigenvalue weighted by Crippen LogP contribution is 2.66. The molecule has 0 aromatic heterocycles. The van der Waals surface area contributed by atoms with Crippen molar-refractivity contribution >= 4 is 5.91 Å². The topological polar surface area (TPSA) is 20.3 Å². The quantitative estimate of drug-likeness (QED) is 0.553. The first-order valence-electron chi connectivity index (χ1n) is 7.32. The largest absolute Gasteiger partial charge is 0.308 e. The molecule has 1 saturated heterocycles. The smallest absolute Gasteiger partial charge is 0.232 e. The van der Waals surface area contributed by atoms with Crippen molar-refractivity contribution in [2.75, 3.05) is 0 Å². The molecule has 19 heavy (non-hydrogen) atoms. The minimum absolute atomic E-state index is 0.160. The SMILES string of the molecule is C=C(C)C(=C)N1C(=O)C2C3CC(C4CC(F)CC43)C21. The fourth-order valence-corrected chi connectivity index (χ4v) is 5.44. The summed E-state index contributed by atoms with van der Waals surface area (Å²) in [5.74, 6) is 2.32. The average Bonchev–Trinajstić information content (AvgIpc) is 2.95. The van der Waals surface area contributed by atoms with Gasteiger partial charge < -0.3 is 4.90 Å². The number of hydrogen-bond donors (Lipinski definition) is 0. The Morgan fingerprint density at radius 3 is 2.42 bits per heavy atom. The van der Waals surface area contributed by atoms with Crippen LogP contribution >= 0.6 is 0 Å². The number of β-lactam (4-membered cyclic amide) rings is 1. The normalized spacial score (nSPS) is 49.9. The molecule has 4 aliphatic rings. The fraction of sp³-hybridized carbons (Fsp3) is 0.688. The predicted molar refractivity (Wildman–Crippen MR) is 70.8 cm³/mol. The van der Waals surface area contributed by atoms with Crippen molar-refractivity contribution in [1.29, 1.82) is 0 Å². The maximum absolute atomic E-state index is 13.6. The lowest BCUT2D eigenvalue weighted by Gasteiger charge is -2.53. The van der Waals surface area contributed by atoms with Crippen LogP contribution in [0.1, 0.15) is 26.2 Å². The van der Waals surface area contributed by atoms with Gasteiger partial charge in [-0.2, -0.15) is 0 Å². The molecule has 7 atom stereocenters. The number of carbonyl (C=O) groups is 1. The van der Waals surface area contributed by atoms with Crippen LogP contribution in [0.25, 0.3) is 0 Å². The summed E-state index contributed by atoms with van der Waals surface area (Å²) in [6.45, 7) is 9.79. The molecule has 1 heterocycles. The fourth-order valence-electron chi connectivity index (χ4n) is 5.44. The number of nitrogens with zero attached hydrogens (tertiary/aromatic N) is 1. The number of allylic oxidation sites excluding steroid dienone is 1. The van der Waals surface area contributed by atoms with Gasteiger partial charge in [-0.1, -0.05) is 13.2 Å². The molecule has 2 bridgehead atoms. The van der Waals surface area contributed by atoms with Crippen LogP contribution in [0.5, 0.6) is 0 Å². The Balaban J connectivity index is 1.63. The number of halogens is 1. The maximum atomic E-state index is 13.6. The summed E-state index contributed by atoms with van der Waals surface area (Å²) < 4.78 is 13.6. The molecule has 3 heteroatoms. The summed E-state index contributed by atoms with van der Waals surface area (Å²) in [6.07, 6.45) is 1.91. The molecular weight excluding hydrogens is 241 g/mol. The minimum atomic E-state index is -0.634. The third-order valence-electron chi connectivity index (χ3n) is 6.12. The van der Waals surface area contributed by atoms with Gasteiger partial charge in [0.05, 0.1) is 12.0 Å². The van der Waals surface area contributed by atoms with Gasteiger partial charge in [-0.25, -0.2) is 4.39 Å². The Kier molecular flexibility index (Phi) is 2.15. The van der Waals surface area contributed by atoms with Gasteiger partial charge in [-0.05, 0) is 55.4 Å². The molecule has 0 N–H and O–H groups in total. The minimum Gasteiger partial charge on any atom is -0.308 e. The Hall–Kier alpha value is -1.12. The number of hydrogen-bond acceptors (Lipinski definition) is 1. The highest BCUT2D eigenvalue weighted by Gasteiger charge is 2.69. The monoisotopic (exact) mass is 261 g/mol. The summed E-state index contributed by atoms with van der Waals surface area (Å²) in [4.78, 5) is 14.2. The molecule has 2 nitrogen and oxygen atoms in total. The number of rotatable bonds is 2. The van der Waals surface area contributed by atoms with E-state index in [1.807, 2.05) is 11.8 Å². The summed E-state index contributed by atoms with van der Waals surface area (Å²) >= 11 is 0. The van der Waals surface area contributed by atoms with E-state index in [4.69, 9.17) is 0 Å². The summed E-state index contributed by atoms with van der Waals surface area (Å²) in [6, 6.07) is 0.299. The molecular formula is C16H20FNO. The molecule has 0 aromatic carbocycles. The highest BCUT2D eigenvalue weighted by molar-refractivity contribution is 5.90. The van der Waals surface area contributed by atoms with Crippen molar-refractivity contribution in [3.8, 4) is 0 Å². The molecule has 0 radical (unpaired) electrons. The van der Waals surface area contributed by atoms with Crippen molar-refractivity contribution in [2.24, 2.45) is 29.6 Å². The first-order valence-corrected chi connectivity index (χ1v) is 7.32. The summed E-state index contributed by atoms with van der Waals surface area (Å²) in [5, 5.41) is 0. The van der Waals surface area contributed by atoms with E-state index >= 15 is 0 Å². The van der Waals surface area contributed by atoms with Crippen molar-refractivity contribution in [1.82, 2.24) is 4.90 Å². The van der Waals surface area contributed by atoms with Crippen molar-refractivity contribution in [3.05, 3.63) is 24.4 Å². The third-order valence-corrected chi connectivity index (χ3v) is 6.12. The van der Waals surface area contributed by atoms with Crippen LogP contribution in [0.4, 0.5) is 4.39 Å².